The number of aryl methyl sites for hydroxylation is 2. The van der Waals surface area contributed by atoms with Crippen molar-refractivity contribution in [2.24, 2.45) is 7.05 Å². The Morgan fingerprint density at radius 1 is 1.45 bits per heavy atom. The summed E-state index contributed by atoms with van der Waals surface area (Å²) in [6.45, 7) is 4.43. The van der Waals surface area contributed by atoms with Crippen LogP contribution in [-0.2, 0) is 7.05 Å². The highest BCUT2D eigenvalue weighted by Gasteiger charge is 2.11. The number of rotatable bonds is 3. The van der Waals surface area contributed by atoms with E-state index in [9.17, 15) is 10.1 Å². The third-order valence-corrected chi connectivity index (χ3v) is 2.96. The maximum Gasteiger partial charge on any atom is 0.347 e. The highest BCUT2D eigenvalue weighted by Crippen LogP contribution is 2.26. The van der Waals surface area contributed by atoms with Crippen molar-refractivity contribution in [1.82, 2.24) is 9.55 Å². The van der Waals surface area contributed by atoms with Gasteiger partial charge in [0.2, 0.25) is 0 Å². The third-order valence-electron chi connectivity index (χ3n) is 2.96. The predicted octanol–water partition coefficient (Wildman–Crippen LogP) is 2.03. The van der Waals surface area contributed by atoms with Gasteiger partial charge in [0.15, 0.2) is 0 Å². The van der Waals surface area contributed by atoms with Gasteiger partial charge in [-0.05, 0) is 37.6 Å². The fourth-order valence-electron chi connectivity index (χ4n) is 1.96. The van der Waals surface area contributed by atoms with Crippen molar-refractivity contribution < 1.29 is 4.74 Å². The van der Waals surface area contributed by atoms with E-state index in [1.165, 1.54) is 10.8 Å². The lowest BCUT2D eigenvalue weighted by Gasteiger charge is -2.10. The lowest BCUT2D eigenvalue weighted by molar-refractivity contribution is 0.338. The molecule has 0 aliphatic heterocycles. The Labute approximate surface area is 117 Å². The van der Waals surface area contributed by atoms with Crippen LogP contribution in [0.5, 0.6) is 5.75 Å². The van der Waals surface area contributed by atoms with E-state index in [1.807, 2.05) is 26.0 Å². The van der Waals surface area contributed by atoms with Crippen molar-refractivity contribution in [2.45, 2.75) is 13.8 Å². The van der Waals surface area contributed by atoms with Gasteiger partial charge >= 0.3 is 5.69 Å². The van der Waals surface area contributed by atoms with E-state index >= 15 is 0 Å². The molecule has 0 spiro atoms. The number of aromatic nitrogens is 2. The van der Waals surface area contributed by atoms with Gasteiger partial charge in [-0.2, -0.15) is 10.2 Å². The summed E-state index contributed by atoms with van der Waals surface area (Å²) in [4.78, 5) is 15.6. The molecule has 102 valence electrons. The summed E-state index contributed by atoms with van der Waals surface area (Å²) >= 11 is 0. The van der Waals surface area contributed by atoms with Crippen molar-refractivity contribution in [3.8, 4) is 23.1 Å². The summed E-state index contributed by atoms with van der Waals surface area (Å²) in [5.41, 5.74) is 2.07. The highest BCUT2D eigenvalue weighted by molar-refractivity contribution is 5.67. The largest absolute Gasteiger partial charge is 0.494 e. The van der Waals surface area contributed by atoms with Gasteiger partial charge in [-0.3, -0.25) is 0 Å². The number of ether oxygens (including phenoxy) is 1. The second-order valence-electron chi connectivity index (χ2n) is 4.42. The SMILES string of the molecule is CCOc1ccc(-c2nc(=O)n(C)cc2C#N)cc1C. The molecular formula is C15H15N3O2. The van der Waals surface area contributed by atoms with Crippen molar-refractivity contribution in [1.29, 1.82) is 5.26 Å². The van der Waals surface area contributed by atoms with Gasteiger partial charge < -0.3 is 9.30 Å². The summed E-state index contributed by atoms with van der Waals surface area (Å²) in [5, 5.41) is 9.17. The molecule has 0 N–H and O–H groups in total. The number of hydrogen-bond donors (Lipinski definition) is 0. The van der Waals surface area contributed by atoms with Crippen LogP contribution in [0.15, 0.2) is 29.2 Å². The molecule has 0 saturated carbocycles. The Morgan fingerprint density at radius 2 is 2.20 bits per heavy atom. The molecule has 0 aliphatic carbocycles. The van der Waals surface area contributed by atoms with Gasteiger partial charge in [-0.25, -0.2) is 4.79 Å². The van der Waals surface area contributed by atoms with E-state index in [0.717, 1.165) is 16.9 Å². The van der Waals surface area contributed by atoms with Gasteiger partial charge in [0.1, 0.15) is 11.8 Å². The summed E-state index contributed by atoms with van der Waals surface area (Å²) in [5.74, 6) is 0.790. The number of nitrogens with zero attached hydrogens (tertiary/aromatic N) is 3. The van der Waals surface area contributed by atoms with Gasteiger partial charge in [-0.1, -0.05) is 0 Å². The zero-order valence-corrected chi connectivity index (χ0v) is 11.7. The molecule has 20 heavy (non-hydrogen) atoms. The van der Waals surface area contributed by atoms with Crippen molar-refractivity contribution >= 4 is 0 Å². The molecule has 0 aliphatic rings. The Hall–Kier alpha value is -2.61. The van der Waals surface area contributed by atoms with Crippen molar-refractivity contribution in [3.63, 3.8) is 0 Å². The topological polar surface area (TPSA) is 67.9 Å². The van der Waals surface area contributed by atoms with Gasteiger partial charge in [0.25, 0.3) is 0 Å². The minimum absolute atomic E-state index is 0.371. The van der Waals surface area contributed by atoms with Gasteiger partial charge in [-0.15, -0.1) is 0 Å². The molecule has 1 aromatic carbocycles. The minimum atomic E-state index is -0.384. The van der Waals surface area contributed by atoms with Crippen LogP contribution >= 0.6 is 0 Å². The number of hydrogen-bond acceptors (Lipinski definition) is 4. The fourth-order valence-corrected chi connectivity index (χ4v) is 1.96. The molecule has 0 atom stereocenters. The van der Waals surface area contributed by atoms with E-state index in [-0.39, 0.29) is 5.69 Å². The lowest BCUT2D eigenvalue weighted by atomic mass is 10.0. The first-order valence-electron chi connectivity index (χ1n) is 6.28. The average Bonchev–Trinajstić information content (AvgIpc) is 2.44. The van der Waals surface area contributed by atoms with E-state index in [0.29, 0.717) is 17.9 Å². The Balaban J connectivity index is 2.58. The second kappa shape index (κ2) is 5.57. The van der Waals surface area contributed by atoms with Crippen molar-refractivity contribution in [3.05, 3.63) is 46.0 Å². The number of benzene rings is 1. The normalized spacial score (nSPS) is 10.1. The molecule has 1 aromatic heterocycles. The molecule has 0 saturated heterocycles. The van der Waals surface area contributed by atoms with E-state index in [1.54, 1.807) is 13.1 Å². The molecule has 2 aromatic rings. The molecule has 0 fully saturated rings. The lowest BCUT2D eigenvalue weighted by Crippen LogP contribution is -2.20. The standard InChI is InChI=1S/C15H15N3O2/c1-4-20-13-6-5-11(7-10(13)2)14-12(8-16)9-18(3)15(19)17-14/h5-7,9H,4H2,1-3H3. The van der Waals surface area contributed by atoms with Crippen LogP contribution in [0, 0.1) is 18.3 Å². The van der Waals surface area contributed by atoms with Crippen LogP contribution in [-0.4, -0.2) is 16.2 Å². The average molecular weight is 269 g/mol. The molecule has 0 radical (unpaired) electrons. The fraction of sp³-hybridized carbons (Fsp3) is 0.267. The first-order valence-corrected chi connectivity index (χ1v) is 6.28. The smallest absolute Gasteiger partial charge is 0.347 e. The molecular weight excluding hydrogens is 254 g/mol. The molecule has 5 nitrogen and oxygen atoms in total. The summed E-state index contributed by atoms with van der Waals surface area (Å²) in [6.07, 6.45) is 1.50. The van der Waals surface area contributed by atoms with Crippen LogP contribution in [0.2, 0.25) is 0 Å². The molecule has 0 bridgehead atoms. The van der Waals surface area contributed by atoms with Gasteiger partial charge in [0, 0.05) is 18.8 Å². The van der Waals surface area contributed by atoms with Crippen LogP contribution < -0.4 is 10.4 Å². The first kappa shape index (κ1) is 13.8. The quantitative estimate of drug-likeness (QED) is 0.855. The predicted molar refractivity (Wildman–Crippen MR) is 75.5 cm³/mol. The summed E-state index contributed by atoms with van der Waals surface area (Å²) in [6, 6.07) is 7.57. The number of nitriles is 1. The highest BCUT2D eigenvalue weighted by atomic mass is 16.5. The maximum atomic E-state index is 11.7. The zero-order chi connectivity index (χ0) is 14.7. The molecule has 5 heteroatoms. The third kappa shape index (κ3) is 2.54. The molecule has 1 heterocycles. The Kier molecular flexibility index (Phi) is 3.85. The van der Waals surface area contributed by atoms with Crippen LogP contribution in [0.3, 0.4) is 0 Å². The summed E-state index contributed by atoms with van der Waals surface area (Å²) < 4.78 is 6.77. The first-order chi connectivity index (χ1) is 9.56. The van der Waals surface area contributed by atoms with E-state index in [4.69, 9.17) is 4.74 Å². The van der Waals surface area contributed by atoms with Crippen LogP contribution in [0.25, 0.3) is 11.3 Å². The molecule has 0 amide bonds. The minimum Gasteiger partial charge on any atom is -0.494 e. The second-order valence-corrected chi connectivity index (χ2v) is 4.42. The van der Waals surface area contributed by atoms with Crippen LogP contribution in [0.4, 0.5) is 0 Å². The Bertz CT molecular complexity index is 742. The van der Waals surface area contributed by atoms with E-state index < -0.39 is 0 Å². The zero-order valence-electron chi connectivity index (χ0n) is 11.7. The summed E-state index contributed by atoms with van der Waals surface area (Å²) in [7, 11) is 1.57. The van der Waals surface area contributed by atoms with Crippen LogP contribution in [0.1, 0.15) is 18.1 Å². The van der Waals surface area contributed by atoms with E-state index in [2.05, 4.69) is 11.1 Å². The molecule has 0 unspecified atom stereocenters. The van der Waals surface area contributed by atoms with Gasteiger partial charge in [0.05, 0.1) is 17.9 Å². The van der Waals surface area contributed by atoms with Crippen molar-refractivity contribution in [2.75, 3.05) is 6.61 Å². The molecule has 2 rings (SSSR count). The Morgan fingerprint density at radius 3 is 2.80 bits per heavy atom. The maximum absolute atomic E-state index is 11.7. The monoisotopic (exact) mass is 269 g/mol.